The number of urea groups is 1. The number of carboxylic acids is 1. The largest absolute Gasteiger partial charge is 0.481 e. The van der Waals surface area contributed by atoms with Gasteiger partial charge >= 0.3 is 12.0 Å². The van der Waals surface area contributed by atoms with E-state index in [1.54, 1.807) is 11.9 Å². The van der Waals surface area contributed by atoms with E-state index >= 15 is 0 Å². The van der Waals surface area contributed by atoms with Gasteiger partial charge in [0.2, 0.25) is 0 Å². The molecule has 0 radical (unpaired) electrons. The summed E-state index contributed by atoms with van der Waals surface area (Å²) in [5.41, 5.74) is -0.910. The first kappa shape index (κ1) is 16.0. The van der Waals surface area contributed by atoms with E-state index in [1.165, 1.54) is 0 Å². The third-order valence-electron chi connectivity index (χ3n) is 4.64. The monoisotopic (exact) mass is 300 g/mol. The van der Waals surface area contributed by atoms with Crippen molar-refractivity contribution in [1.82, 2.24) is 10.2 Å². The Morgan fingerprint density at radius 2 is 2.00 bits per heavy atom. The van der Waals surface area contributed by atoms with E-state index in [4.69, 9.17) is 9.47 Å². The van der Waals surface area contributed by atoms with Crippen LogP contribution in [-0.2, 0) is 14.3 Å². The fourth-order valence-corrected chi connectivity index (χ4v) is 2.98. The molecule has 2 aliphatic rings. The molecule has 2 amide bonds. The summed E-state index contributed by atoms with van der Waals surface area (Å²) in [6, 6.07) is -0.204. The van der Waals surface area contributed by atoms with Gasteiger partial charge in [-0.3, -0.25) is 4.79 Å². The first-order valence-electron chi connectivity index (χ1n) is 7.40. The molecule has 7 nitrogen and oxygen atoms in total. The van der Waals surface area contributed by atoms with Crippen LogP contribution in [0.25, 0.3) is 0 Å². The van der Waals surface area contributed by atoms with Crippen molar-refractivity contribution in [1.29, 1.82) is 0 Å². The molecule has 0 spiro atoms. The molecule has 0 saturated carbocycles. The van der Waals surface area contributed by atoms with Crippen LogP contribution < -0.4 is 5.32 Å². The van der Waals surface area contributed by atoms with Crippen molar-refractivity contribution >= 4 is 12.0 Å². The number of carbonyl (C=O) groups excluding carboxylic acids is 1. The van der Waals surface area contributed by atoms with E-state index in [-0.39, 0.29) is 24.7 Å². The Morgan fingerprint density at radius 1 is 1.33 bits per heavy atom. The zero-order valence-corrected chi connectivity index (χ0v) is 12.6. The summed E-state index contributed by atoms with van der Waals surface area (Å²) in [6.45, 7) is 3.58. The van der Waals surface area contributed by atoms with E-state index < -0.39 is 11.4 Å². The molecule has 2 atom stereocenters. The van der Waals surface area contributed by atoms with Crippen LogP contribution in [0.3, 0.4) is 0 Å². The van der Waals surface area contributed by atoms with Gasteiger partial charge in [-0.05, 0) is 26.2 Å². The highest BCUT2D eigenvalue weighted by atomic mass is 16.5. The number of nitrogens with zero attached hydrogens (tertiary/aromatic N) is 1. The van der Waals surface area contributed by atoms with E-state index in [2.05, 4.69) is 5.32 Å². The summed E-state index contributed by atoms with van der Waals surface area (Å²) in [5, 5.41) is 12.2. The standard InChI is InChI=1S/C14H24N2O5/c1-10-11(3-6-21-10)16(2)13(19)15-9-14(12(17)18)4-7-20-8-5-14/h10-11H,3-9H2,1-2H3,(H,15,19)(H,17,18). The van der Waals surface area contributed by atoms with Crippen LogP contribution in [0.2, 0.25) is 0 Å². The van der Waals surface area contributed by atoms with Crippen LogP contribution in [0.15, 0.2) is 0 Å². The first-order valence-corrected chi connectivity index (χ1v) is 7.40. The molecule has 0 bridgehead atoms. The van der Waals surface area contributed by atoms with Crippen molar-refractivity contribution in [2.45, 2.75) is 38.3 Å². The normalized spacial score (nSPS) is 28.1. The topological polar surface area (TPSA) is 88.1 Å². The second-order valence-electron chi connectivity index (χ2n) is 5.90. The summed E-state index contributed by atoms with van der Waals surface area (Å²) in [5.74, 6) is -0.869. The molecule has 0 aromatic carbocycles. The van der Waals surface area contributed by atoms with Gasteiger partial charge in [-0.15, -0.1) is 0 Å². The average Bonchev–Trinajstić information content (AvgIpc) is 2.91. The van der Waals surface area contributed by atoms with Crippen LogP contribution >= 0.6 is 0 Å². The smallest absolute Gasteiger partial charge is 0.317 e. The summed E-state index contributed by atoms with van der Waals surface area (Å²) in [6.07, 6.45) is 1.67. The lowest BCUT2D eigenvalue weighted by Crippen LogP contribution is -2.51. The zero-order valence-electron chi connectivity index (χ0n) is 12.6. The Hall–Kier alpha value is -1.34. The maximum absolute atomic E-state index is 12.2. The minimum Gasteiger partial charge on any atom is -0.481 e. The summed E-state index contributed by atoms with van der Waals surface area (Å²) in [4.78, 5) is 25.4. The van der Waals surface area contributed by atoms with Crippen molar-refractivity contribution in [2.75, 3.05) is 33.4 Å². The van der Waals surface area contributed by atoms with Crippen LogP contribution in [0.1, 0.15) is 26.2 Å². The van der Waals surface area contributed by atoms with Gasteiger partial charge < -0.3 is 24.8 Å². The number of aliphatic carboxylic acids is 1. The summed E-state index contributed by atoms with van der Waals surface area (Å²) < 4.78 is 10.7. The molecule has 7 heteroatoms. The van der Waals surface area contributed by atoms with Crippen LogP contribution in [0.4, 0.5) is 4.79 Å². The Labute approximate surface area is 124 Å². The van der Waals surface area contributed by atoms with Gasteiger partial charge in [0, 0.05) is 33.4 Å². The quantitative estimate of drug-likeness (QED) is 0.797. The number of nitrogens with one attached hydrogen (secondary N) is 1. The summed E-state index contributed by atoms with van der Waals surface area (Å²) >= 11 is 0. The lowest BCUT2D eigenvalue weighted by atomic mass is 9.80. The predicted octanol–water partition coefficient (Wildman–Crippen LogP) is 0.687. The van der Waals surface area contributed by atoms with Gasteiger partial charge in [0.1, 0.15) is 0 Å². The number of carboxylic acid groups (broad SMARTS) is 1. The molecule has 21 heavy (non-hydrogen) atoms. The molecule has 120 valence electrons. The number of hydrogen-bond donors (Lipinski definition) is 2. The van der Waals surface area contributed by atoms with Crippen molar-refractivity contribution in [3.63, 3.8) is 0 Å². The molecular formula is C14H24N2O5. The second-order valence-corrected chi connectivity index (χ2v) is 5.90. The number of hydrogen-bond acceptors (Lipinski definition) is 4. The van der Waals surface area contributed by atoms with Crippen LogP contribution in [0, 0.1) is 5.41 Å². The molecule has 2 unspecified atom stereocenters. The molecule has 0 aromatic heterocycles. The number of ether oxygens (including phenoxy) is 2. The Bertz CT molecular complexity index is 395. The third kappa shape index (κ3) is 3.47. The molecular weight excluding hydrogens is 276 g/mol. The molecule has 2 rings (SSSR count). The molecule has 2 saturated heterocycles. The first-order chi connectivity index (χ1) is 9.96. The van der Waals surface area contributed by atoms with E-state index in [9.17, 15) is 14.7 Å². The number of rotatable bonds is 4. The molecule has 2 fully saturated rings. The minimum absolute atomic E-state index is 0.0114. The molecule has 0 aromatic rings. The highest BCUT2D eigenvalue weighted by Crippen LogP contribution is 2.30. The van der Waals surface area contributed by atoms with Crippen molar-refractivity contribution in [3.05, 3.63) is 0 Å². The Kier molecular flexibility index (Phi) is 5.05. The summed E-state index contributed by atoms with van der Waals surface area (Å²) in [7, 11) is 1.72. The fraction of sp³-hybridized carbons (Fsp3) is 0.857. The zero-order chi connectivity index (χ0) is 15.5. The van der Waals surface area contributed by atoms with Crippen molar-refractivity contribution in [2.24, 2.45) is 5.41 Å². The van der Waals surface area contributed by atoms with E-state index in [1.807, 2.05) is 6.92 Å². The average molecular weight is 300 g/mol. The minimum atomic E-state index is -0.910. The van der Waals surface area contributed by atoms with Crippen LogP contribution in [-0.4, -0.2) is 67.6 Å². The molecule has 2 aliphatic heterocycles. The number of likely N-dealkylation sites (N-methyl/N-ethyl adjacent to an activating group) is 1. The van der Waals surface area contributed by atoms with Gasteiger partial charge in [0.15, 0.2) is 0 Å². The third-order valence-corrected chi connectivity index (χ3v) is 4.64. The maximum Gasteiger partial charge on any atom is 0.317 e. The highest BCUT2D eigenvalue weighted by molar-refractivity contribution is 5.78. The lowest BCUT2D eigenvalue weighted by Gasteiger charge is -2.34. The molecule has 0 aliphatic carbocycles. The predicted molar refractivity (Wildman–Crippen MR) is 75.1 cm³/mol. The maximum atomic E-state index is 12.2. The Balaban J connectivity index is 1.91. The van der Waals surface area contributed by atoms with E-state index in [0.29, 0.717) is 32.7 Å². The fourth-order valence-electron chi connectivity index (χ4n) is 2.98. The van der Waals surface area contributed by atoms with Gasteiger partial charge in [-0.25, -0.2) is 4.79 Å². The number of carbonyl (C=O) groups is 2. The molecule has 2 N–H and O–H groups in total. The van der Waals surface area contributed by atoms with E-state index in [0.717, 1.165) is 6.42 Å². The van der Waals surface area contributed by atoms with Crippen molar-refractivity contribution < 1.29 is 24.2 Å². The van der Waals surface area contributed by atoms with Crippen molar-refractivity contribution in [3.8, 4) is 0 Å². The van der Waals surface area contributed by atoms with Gasteiger partial charge in [0.25, 0.3) is 0 Å². The Morgan fingerprint density at radius 3 is 2.52 bits per heavy atom. The second kappa shape index (κ2) is 6.62. The SMILES string of the molecule is CC1OCCC1N(C)C(=O)NCC1(C(=O)O)CCOCC1. The molecule has 2 heterocycles. The van der Waals surface area contributed by atoms with Crippen LogP contribution in [0.5, 0.6) is 0 Å². The lowest BCUT2D eigenvalue weighted by molar-refractivity contribution is -0.154. The highest BCUT2D eigenvalue weighted by Gasteiger charge is 2.41. The van der Waals surface area contributed by atoms with Gasteiger partial charge in [0.05, 0.1) is 17.6 Å². The number of amides is 2. The van der Waals surface area contributed by atoms with Gasteiger partial charge in [-0.2, -0.15) is 0 Å². The van der Waals surface area contributed by atoms with Gasteiger partial charge in [-0.1, -0.05) is 0 Å².